The van der Waals surface area contributed by atoms with Crippen LogP contribution in [0.2, 0.25) is 0 Å². The largest absolute Gasteiger partial charge is 0.487 e. The van der Waals surface area contributed by atoms with Crippen molar-refractivity contribution in [2.24, 2.45) is 0 Å². The maximum absolute atomic E-state index is 9.68. The van der Waals surface area contributed by atoms with Crippen molar-refractivity contribution in [2.75, 3.05) is 0 Å². The molecule has 0 bridgehead atoms. The Balaban J connectivity index is 2.17. The summed E-state index contributed by atoms with van der Waals surface area (Å²) in [6.45, 7) is 1.94. The third-order valence-electron chi connectivity index (χ3n) is 3.01. The van der Waals surface area contributed by atoms with Crippen molar-refractivity contribution in [2.45, 2.75) is 38.4 Å². The molecule has 1 fully saturated rings. The lowest BCUT2D eigenvalue weighted by atomic mass is 10.1. The van der Waals surface area contributed by atoms with Gasteiger partial charge in [0.05, 0.1) is 17.7 Å². The van der Waals surface area contributed by atoms with Crippen LogP contribution in [0.3, 0.4) is 0 Å². The van der Waals surface area contributed by atoms with E-state index in [0.29, 0.717) is 11.3 Å². The van der Waals surface area contributed by atoms with Crippen molar-refractivity contribution < 1.29 is 9.84 Å². The van der Waals surface area contributed by atoms with Gasteiger partial charge >= 0.3 is 0 Å². The molecule has 84 valence electrons. The predicted octanol–water partition coefficient (Wildman–Crippen LogP) is 2.16. The number of aliphatic hydroxyl groups excluding tert-OH is 1. The van der Waals surface area contributed by atoms with Crippen LogP contribution in [-0.2, 0) is 0 Å². The van der Waals surface area contributed by atoms with Gasteiger partial charge in [-0.1, -0.05) is 6.07 Å². The highest BCUT2D eigenvalue weighted by atomic mass is 16.5. The lowest BCUT2D eigenvalue weighted by Crippen LogP contribution is -2.25. The summed E-state index contributed by atoms with van der Waals surface area (Å²) >= 11 is 0. The quantitative estimate of drug-likeness (QED) is 0.825. The number of hydrogen-bond acceptors (Lipinski definition) is 3. The van der Waals surface area contributed by atoms with Gasteiger partial charge in [0.15, 0.2) is 0 Å². The third kappa shape index (κ3) is 2.17. The Morgan fingerprint density at radius 2 is 2.25 bits per heavy atom. The molecule has 0 unspecified atom stereocenters. The van der Waals surface area contributed by atoms with Crippen LogP contribution in [0.4, 0.5) is 0 Å². The van der Waals surface area contributed by atoms with Gasteiger partial charge in [-0.05, 0) is 43.9 Å². The van der Waals surface area contributed by atoms with E-state index in [1.165, 1.54) is 0 Å². The SMILES string of the molecule is Cc1ccc(C#N)cc1O[C@H]1CCC[C@@H]1O. The predicted molar refractivity (Wildman–Crippen MR) is 60.2 cm³/mol. The molecular weight excluding hydrogens is 202 g/mol. The van der Waals surface area contributed by atoms with Crippen LogP contribution in [0, 0.1) is 18.3 Å². The van der Waals surface area contributed by atoms with Crippen molar-refractivity contribution in [1.29, 1.82) is 5.26 Å². The van der Waals surface area contributed by atoms with E-state index >= 15 is 0 Å². The molecule has 0 radical (unpaired) electrons. The lowest BCUT2D eigenvalue weighted by Gasteiger charge is -2.18. The summed E-state index contributed by atoms with van der Waals surface area (Å²) < 4.78 is 5.76. The van der Waals surface area contributed by atoms with E-state index in [2.05, 4.69) is 6.07 Å². The van der Waals surface area contributed by atoms with Gasteiger partial charge < -0.3 is 9.84 Å². The Hall–Kier alpha value is -1.53. The molecule has 1 N–H and O–H groups in total. The van der Waals surface area contributed by atoms with E-state index in [0.717, 1.165) is 24.8 Å². The summed E-state index contributed by atoms with van der Waals surface area (Å²) in [6.07, 6.45) is 2.21. The molecule has 1 aromatic carbocycles. The molecule has 1 aliphatic carbocycles. The minimum atomic E-state index is -0.370. The fourth-order valence-corrected chi connectivity index (χ4v) is 2.00. The molecule has 0 spiro atoms. The van der Waals surface area contributed by atoms with Gasteiger partial charge in [0.25, 0.3) is 0 Å². The molecule has 0 saturated heterocycles. The first-order valence-corrected chi connectivity index (χ1v) is 5.56. The molecule has 0 aliphatic heterocycles. The van der Waals surface area contributed by atoms with Crippen molar-refractivity contribution in [3.63, 3.8) is 0 Å². The zero-order chi connectivity index (χ0) is 11.5. The molecule has 0 aromatic heterocycles. The molecule has 3 nitrogen and oxygen atoms in total. The minimum Gasteiger partial charge on any atom is -0.487 e. The average molecular weight is 217 g/mol. The first-order chi connectivity index (χ1) is 7.70. The van der Waals surface area contributed by atoms with E-state index < -0.39 is 0 Å². The van der Waals surface area contributed by atoms with Crippen molar-refractivity contribution in [3.8, 4) is 11.8 Å². The van der Waals surface area contributed by atoms with E-state index in [1.807, 2.05) is 13.0 Å². The maximum Gasteiger partial charge on any atom is 0.124 e. The zero-order valence-electron chi connectivity index (χ0n) is 9.31. The number of nitrogens with zero attached hydrogens (tertiary/aromatic N) is 1. The first-order valence-electron chi connectivity index (χ1n) is 5.56. The summed E-state index contributed by atoms with van der Waals surface area (Å²) in [5.74, 6) is 0.713. The monoisotopic (exact) mass is 217 g/mol. The van der Waals surface area contributed by atoms with Crippen LogP contribution in [-0.4, -0.2) is 17.3 Å². The molecule has 1 aliphatic rings. The first kappa shape index (κ1) is 11.0. The molecule has 16 heavy (non-hydrogen) atoms. The number of benzene rings is 1. The normalized spacial score (nSPS) is 24.1. The summed E-state index contributed by atoms with van der Waals surface area (Å²) in [6, 6.07) is 7.47. The summed E-state index contributed by atoms with van der Waals surface area (Å²) in [4.78, 5) is 0. The van der Waals surface area contributed by atoms with Crippen LogP contribution in [0.15, 0.2) is 18.2 Å². The molecule has 0 heterocycles. The summed E-state index contributed by atoms with van der Waals surface area (Å²) in [7, 11) is 0. The van der Waals surface area contributed by atoms with Gasteiger partial charge in [-0.2, -0.15) is 5.26 Å². The number of nitriles is 1. The molecule has 2 rings (SSSR count). The van der Waals surface area contributed by atoms with Crippen LogP contribution in [0.5, 0.6) is 5.75 Å². The van der Waals surface area contributed by atoms with E-state index in [9.17, 15) is 5.11 Å². The van der Waals surface area contributed by atoms with Gasteiger partial charge in [-0.25, -0.2) is 0 Å². The average Bonchev–Trinajstić information content (AvgIpc) is 2.68. The minimum absolute atomic E-state index is 0.118. The fraction of sp³-hybridized carbons (Fsp3) is 0.462. The Morgan fingerprint density at radius 1 is 1.44 bits per heavy atom. The summed E-state index contributed by atoms with van der Waals surface area (Å²) in [5.41, 5.74) is 1.59. The highest BCUT2D eigenvalue weighted by molar-refractivity contribution is 5.41. The van der Waals surface area contributed by atoms with Crippen LogP contribution < -0.4 is 4.74 Å². The highest BCUT2D eigenvalue weighted by Gasteiger charge is 2.27. The Labute approximate surface area is 95.3 Å². The topological polar surface area (TPSA) is 53.2 Å². The number of ether oxygens (including phenoxy) is 1. The van der Waals surface area contributed by atoms with Crippen LogP contribution in [0.1, 0.15) is 30.4 Å². The molecular formula is C13H15NO2. The van der Waals surface area contributed by atoms with Crippen molar-refractivity contribution in [1.82, 2.24) is 0 Å². The number of rotatable bonds is 2. The smallest absolute Gasteiger partial charge is 0.124 e. The van der Waals surface area contributed by atoms with Gasteiger partial charge in [0.1, 0.15) is 11.9 Å². The lowest BCUT2D eigenvalue weighted by molar-refractivity contribution is 0.0599. The fourth-order valence-electron chi connectivity index (χ4n) is 2.00. The van der Waals surface area contributed by atoms with Crippen molar-refractivity contribution >= 4 is 0 Å². The van der Waals surface area contributed by atoms with E-state index in [1.54, 1.807) is 12.1 Å². The van der Waals surface area contributed by atoms with E-state index in [-0.39, 0.29) is 12.2 Å². The van der Waals surface area contributed by atoms with Crippen molar-refractivity contribution in [3.05, 3.63) is 29.3 Å². The Bertz CT molecular complexity index is 422. The second kappa shape index (κ2) is 4.54. The Morgan fingerprint density at radius 3 is 2.88 bits per heavy atom. The second-order valence-electron chi connectivity index (χ2n) is 4.25. The maximum atomic E-state index is 9.68. The standard InChI is InChI=1S/C13H15NO2/c1-9-5-6-10(8-14)7-13(9)16-12-4-2-3-11(12)15/h5-7,11-12,15H,2-4H2,1H3/t11-,12-/m0/s1. The number of hydrogen-bond donors (Lipinski definition) is 1. The number of aryl methyl sites for hydroxylation is 1. The molecule has 1 aromatic rings. The van der Waals surface area contributed by atoms with Crippen LogP contribution >= 0.6 is 0 Å². The Kier molecular flexibility index (Phi) is 3.12. The third-order valence-corrected chi connectivity index (χ3v) is 3.01. The zero-order valence-corrected chi connectivity index (χ0v) is 9.31. The van der Waals surface area contributed by atoms with Crippen LogP contribution in [0.25, 0.3) is 0 Å². The van der Waals surface area contributed by atoms with Gasteiger partial charge in [-0.15, -0.1) is 0 Å². The molecule has 0 amide bonds. The van der Waals surface area contributed by atoms with E-state index in [4.69, 9.17) is 10.00 Å². The van der Waals surface area contributed by atoms with Gasteiger partial charge in [0, 0.05) is 0 Å². The highest BCUT2D eigenvalue weighted by Crippen LogP contribution is 2.27. The molecule has 2 atom stereocenters. The summed E-state index contributed by atoms with van der Waals surface area (Å²) in [5, 5.41) is 18.5. The molecule has 3 heteroatoms. The number of aliphatic hydroxyl groups is 1. The van der Waals surface area contributed by atoms with Gasteiger partial charge in [0.2, 0.25) is 0 Å². The second-order valence-corrected chi connectivity index (χ2v) is 4.25. The molecule has 1 saturated carbocycles. The van der Waals surface area contributed by atoms with Gasteiger partial charge in [-0.3, -0.25) is 0 Å².